The van der Waals surface area contributed by atoms with E-state index in [-0.39, 0.29) is 0 Å². The average Bonchev–Trinajstić information content (AvgIpc) is 2.49. The maximum Gasteiger partial charge on any atom is 0.0992 e. The molecule has 0 atom stereocenters. The largest absolute Gasteiger partial charge is 0.354 e. The molecule has 1 aliphatic rings. The van der Waals surface area contributed by atoms with E-state index in [0.717, 1.165) is 16.6 Å². The molecule has 2 aromatic carbocycles. The van der Waals surface area contributed by atoms with E-state index in [2.05, 4.69) is 45.5 Å². The highest BCUT2D eigenvalue weighted by Crippen LogP contribution is 2.32. The number of hydrogen-bond donors (Lipinski definition) is 1. The number of benzene rings is 2. The third-order valence-electron chi connectivity index (χ3n) is 3.76. The Bertz CT molecular complexity index is 686. The summed E-state index contributed by atoms with van der Waals surface area (Å²) in [7, 11) is 0. The summed E-state index contributed by atoms with van der Waals surface area (Å²) in [5.41, 5.74) is 5.76. The molecule has 3 heteroatoms. The quantitative estimate of drug-likeness (QED) is 0.848. The predicted octanol–water partition coefficient (Wildman–Crippen LogP) is 4.94. The lowest BCUT2D eigenvalue weighted by molar-refractivity contribution is 0.687. The van der Waals surface area contributed by atoms with Crippen molar-refractivity contribution in [1.29, 1.82) is 5.26 Å². The number of rotatable bonds is 2. The molecule has 0 fully saturated rings. The van der Waals surface area contributed by atoms with Gasteiger partial charge in [-0.15, -0.1) is 0 Å². The normalized spacial score (nSPS) is 13.4. The van der Waals surface area contributed by atoms with Gasteiger partial charge in [-0.1, -0.05) is 12.1 Å². The lowest BCUT2D eigenvalue weighted by Crippen LogP contribution is -2.06. The standard InChI is InChI=1S/C17H15BrN2/c18-15-10-12(11-19)8-9-17(15)20-16-7-3-5-13-4-1-2-6-14(13)16/h3,5,7-10,20H,1-2,4,6H2. The summed E-state index contributed by atoms with van der Waals surface area (Å²) in [6, 6.07) is 14.3. The third kappa shape index (κ3) is 2.57. The highest BCUT2D eigenvalue weighted by molar-refractivity contribution is 9.10. The van der Waals surface area contributed by atoms with Gasteiger partial charge in [-0.2, -0.15) is 5.26 Å². The van der Waals surface area contributed by atoms with Gasteiger partial charge in [0.2, 0.25) is 0 Å². The minimum Gasteiger partial charge on any atom is -0.354 e. The first-order valence-electron chi connectivity index (χ1n) is 6.85. The van der Waals surface area contributed by atoms with Crippen molar-refractivity contribution in [1.82, 2.24) is 0 Å². The molecular formula is C17H15BrN2. The van der Waals surface area contributed by atoms with E-state index in [1.165, 1.54) is 36.1 Å². The molecule has 0 spiro atoms. The van der Waals surface area contributed by atoms with Gasteiger partial charge >= 0.3 is 0 Å². The number of halogens is 1. The van der Waals surface area contributed by atoms with Gasteiger partial charge in [-0.25, -0.2) is 0 Å². The van der Waals surface area contributed by atoms with Crippen LogP contribution in [0.5, 0.6) is 0 Å². The first-order valence-corrected chi connectivity index (χ1v) is 7.64. The minimum atomic E-state index is 0.664. The molecule has 0 saturated carbocycles. The number of aryl methyl sites for hydroxylation is 1. The molecule has 1 N–H and O–H groups in total. The van der Waals surface area contributed by atoms with Crippen molar-refractivity contribution in [2.75, 3.05) is 5.32 Å². The van der Waals surface area contributed by atoms with Crippen molar-refractivity contribution in [3.05, 3.63) is 57.6 Å². The van der Waals surface area contributed by atoms with Gasteiger partial charge in [0.1, 0.15) is 0 Å². The van der Waals surface area contributed by atoms with Gasteiger partial charge in [-0.05, 0) is 77.0 Å². The Kier molecular flexibility index (Phi) is 3.75. The number of nitriles is 1. The molecule has 0 amide bonds. The average molecular weight is 327 g/mol. The number of fused-ring (bicyclic) bond motifs is 1. The molecule has 0 aromatic heterocycles. The minimum absolute atomic E-state index is 0.664. The Morgan fingerprint density at radius 3 is 2.70 bits per heavy atom. The van der Waals surface area contributed by atoms with E-state index in [9.17, 15) is 0 Å². The summed E-state index contributed by atoms with van der Waals surface area (Å²) in [5.74, 6) is 0. The van der Waals surface area contributed by atoms with E-state index < -0.39 is 0 Å². The van der Waals surface area contributed by atoms with Crippen LogP contribution in [0.4, 0.5) is 11.4 Å². The zero-order chi connectivity index (χ0) is 13.9. The molecule has 0 unspecified atom stereocenters. The second kappa shape index (κ2) is 5.68. The van der Waals surface area contributed by atoms with Gasteiger partial charge < -0.3 is 5.32 Å². The van der Waals surface area contributed by atoms with Gasteiger partial charge in [0, 0.05) is 10.2 Å². The van der Waals surface area contributed by atoms with Crippen molar-refractivity contribution in [2.45, 2.75) is 25.7 Å². The topological polar surface area (TPSA) is 35.8 Å². The predicted molar refractivity (Wildman–Crippen MR) is 85.2 cm³/mol. The van der Waals surface area contributed by atoms with Crippen LogP contribution in [-0.4, -0.2) is 0 Å². The van der Waals surface area contributed by atoms with Gasteiger partial charge in [0.05, 0.1) is 17.3 Å². The molecule has 0 aliphatic heterocycles. The van der Waals surface area contributed by atoms with Crippen LogP contribution in [0.25, 0.3) is 0 Å². The van der Waals surface area contributed by atoms with E-state index in [0.29, 0.717) is 5.56 Å². The van der Waals surface area contributed by atoms with Crippen molar-refractivity contribution in [3.63, 3.8) is 0 Å². The lowest BCUT2D eigenvalue weighted by Gasteiger charge is -2.20. The van der Waals surface area contributed by atoms with Crippen LogP contribution >= 0.6 is 15.9 Å². The molecule has 2 nitrogen and oxygen atoms in total. The molecule has 20 heavy (non-hydrogen) atoms. The SMILES string of the molecule is N#Cc1ccc(Nc2cccc3c2CCCC3)c(Br)c1. The molecule has 3 rings (SSSR count). The highest BCUT2D eigenvalue weighted by atomic mass is 79.9. The highest BCUT2D eigenvalue weighted by Gasteiger charge is 2.13. The van der Waals surface area contributed by atoms with Gasteiger partial charge in [0.25, 0.3) is 0 Å². The van der Waals surface area contributed by atoms with Crippen LogP contribution in [-0.2, 0) is 12.8 Å². The summed E-state index contributed by atoms with van der Waals surface area (Å²) >= 11 is 3.53. The van der Waals surface area contributed by atoms with E-state index in [1.54, 1.807) is 0 Å². The monoisotopic (exact) mass is 326 g/mol. The molecule has 0 bridgehead atoms. The summed E-state index contributed by atoms with van der Waals surface area (Å²) in [4.78, 5) is 0. The Morgan fingerprint density at radius 2 is 1.90 bits per heavy atom. The lowest BCUT2D eigenvalue weighted by atomic mass is 9.90. The molecule has 0 radical (unpaired) electrons. The number of hydrogen-bond acceptors (Lipinski definition) is 2. The molecule has 1 aliphatic carbocycles. The zero-order valence-electron chi connectivity index (χ0n) is 11.1. The van der Waals surface area contributed by atoms with E-state index in [4.69, 9.17) is 5.26 Å². The Hall–Kier alpha value is -1.79. The first kappa shape index (κ1) is 13.2. The first-order chi connectivity index (χ1) is 9.78. The molecular weight excluding hydrogens is 312 g/mol. The molecule has 100 valence electrons. The van der Waals surface area contributed by atoms with Crippen LogP contribution < -0.4 is 5.32 Å². The van der Waals surface area contributed by atoms with Crippen molar-refractivity contribution in [2.24, 2.45) is 0 Å². The fourth-order valence-corrected chi connectivity index (χ4v) is 3.21. The summed E-state index contributed by atoms with van der Waals surface area (Å²) in [5, 5.41) is 12.4. The fourth-order valence-electron chi connectivity index (χ4n) is 2.73. The maximum atomic E-state index is 8.91. The van der Waals surface area contributed by atoms with Crippen molar-refractivity contribution in [3.8, 4) is 6.07 Å². The smallest absolute Gasteiger partial charge is 0.0992 e. The third-order valence-corrected chi connectivity index (χ3v) is 4.42. The second-order valence-corrected chi connectivity index (χ2v) is 5.94. The molecule has 2 aromatic rings. The number of nitrogens with one attached hydrogen (secondary N) is 1. The molecule has 0 saturated heterocycles. The van der Waals surface area contributed by atoms with Gasteiger partial charge in [-0.3, -0.25) is 0 Å². The maximum absolute atomic E-state index is 8.91. The molecule has 0 heterocycles. The van der Waals surface area contributed by atoms with Crippen molar-refractivity contribution < 1.29 is 0 Å². The number of anilines is 2. The van der Waals surface area contributed by atoms with Crippen LogP contribution in [0.1, 0.15) is 29.5 Å². The van der Waals surface area contributed by atoms with Crippen molar-refractivity contribution >= 4 is 27.3 Å². The summed E-state index contributed by atoms with van der Waals surface area (Å²) < 4.78 is 0.921. The van der Waals surface area contributed by atoms with E-state index >= 15 is 0 Å². The Labute approximate surface area is 127 Å². The van der Waals surface area contributed by atoms with Crippen LogP contribution in [0.2, 0.25) is 0 Å². The fraction of sp³-hybridized carbons (Fsp3) is 0.235. The van der Waals surface area contributed by atoms with Gasteiger partial charge in [0.15, 0.2) is 0 Å². The Morgan fingerprint density at radius 1 is 1.05 bits per heavy atom. The van der Waals surface area contributed by atoms with E-state index in [1.807, 2.05) is 18.2 Å². The van der Waals surface area contributed by atoms with Crippen LogP contribution in [0.15, 0.2) is 40.9 Å². The zero-order valence-corrected chi connectivity index (χ0v) is 12.7. The second-order valence-electron chi connectivity index (χ2n) is 5.08. The summed E-state index contributed by atoms with van der Waals surface area (Å²) in [6.45, 7) is 0. The van der Waals surface area contributed by atoms with Crippen LogP contribution in [0, 0.1) is 11.3 Å². The Balaban J connectivity index is 1.94. The van der Waals surface area contributed by atoms with Crippen LogP contribution in [0.3, 0.4) is 0 Å². The number of nitrogens with zero attached hydrogens (tertiary/aromatic N) is 1. The summed E-state index contributed by atoms with van der Waals surface area (Å²) in [6.07, 6.45) is 4.88.